The van der Waals surface area contributed by atoms with E-state index in [0.717, 1.165) is 5.06 Å². The van der Waals surface area contributed by atoms with E-state index in [0.29, 0.717) is 0 Å². The van der Waals surface area contributed by atoms with Crippen LogP contribution in [0.4, 0.5) is 0 Å². The Bertz CT molecular complexity index is 161. The lowest BCUT2D eigenvalue weighted by molar-refractivity contribution is 0.601. The molecule has 0 saturated carbocycles. The molecule has 1 heterocycles. The Morgan fingerprint density at radius 1 is 1.88 bits per heavy atom. The van der Waals surface area contributed by atoms with Gasteiger partial charge in [0.15, 0.2) is 5.55 Å². The van der Waals surface area contributed by atoms with Crippen LogP contribution in [0.1, 0.15) is 0 Å². The molecule has 0 aliphatic carbocycles. The molecule has 0 unspecified atom stereocenters. The summed E-state index contributed by atoms with van der Waals surface area (Å²) in [7, 11) is 0. The van der Waals surface area contributed by atoms with Gasteiger partial charge in [-0.15, -0.1) is 0 Å². The largest absolute Gasteiger partial charge is 0.441 e. The number of hydrogen-bond donors (Lipinski definition) is 0. The van der Waals surface area contributed by atoms with E-state index >= 15 is 0 Å². The zero-order valence-electron chi connectivity index (χ0n) is 3.90. The van der Waals surface area contributed by atoms with Crippen LogP contribution < -0.4 is 4.74 Å². The fraction of sp³-hybridized carbons (Fsp3) is 0. The van der Waals surface area contributed by atoms with Crippen molar-refractivity contribution in [1.82, 2.24) is 4.98 Å². The monoisotopic (exact) mass is 145 g/mol. The van der Waals surface area contributed by atoms with E-state index < -0.39 is 0 Å². The number of rotatable bonds is 2. The average molecular weight is 145 g/mol. The summed E-state index contributed by atoms with van der Waals surface area (Å²) in [5, 5.41) is 0.736. The van der Waals surface area contributed by atoms with Crippen molar-refractivity contribution in [2.24, 2.45) is 0 Å². The zero-order chi connectivity index (χ0) is 5.82. The second kappa shape index (κ2) is 2.74. The van der Waals surface area contributed by atoms with E-state index in [1.165, 1.54) is 16.9 Å². The Hall–Kier alpha value is -0.480. The van der Waals surface area contributed by atoms with Crippen molar-refractivity contribution < 1.29 is 4.74 Å². The van der Waals surface area contributed by atoms with Crippen LogP contribution in [-0.2, 0) is 0 Å². The van der Waals surface area contributed by atoms with Gasteiger partial charge >= 0.3 is 0 Å². The smallest absolute Gasteiger partial charge is 0.201 e. The summed E-state index contributed by atoms with van der Waals surface area (Å²) in [6.07, 6.45) is 1.62. The van der Waals surface area contributed by atoms with Gasteiger partial charge in [-0.3, -0.25) is 0 Å². The highest BCUT2D eigenvalue weighted by atomic mass is 32.1. The quantitative estimate of drug-likeness (QED) is 0.588. The predicted molar refractivity (Wildman–Crippen MR) is 36.4 cm³/mol. The van der Waals surface area contributed by atoms with Crippen molar-refractivity contribution in [2.75, 3.05) is 0 Å². The molecule has 0 aliphatic heterocycles. The predicted octanol–water partition coefficient (Wildman–Crippen LogP) is 1.48. The standard InChI is InChI=1S/C4H3NOS2/c7-3-6-4-1-5-2-8-4/h1-3H. The van der Waals surface area contributed by atoms with E-state index in [1.54, 1.807) is 11.7 Å². The van der Waals surface area contributed by atoms with Crippen LogP contribution in [0.5, 0.6) is 5.06 Å². The van der Waals surface area contributed by atoms with Gasteiger partial charge in [-0.1, -0.05) is 11.3 Å². The summed E-state index contributed by atoms with van der Waals surface area (Å²) in [5.74, 6) is 0. The number of nitrogens with zero attached hydrogens (tertiary/aromatic N) is 1. The summed E-state index contributed by atoms with van der Waals surface area (Å²) in [6.45, 7) is 0. The lowest BCUT2D eigenvalue weighted by atomic mass is 10.9. The summed E-state index contributed by atoms with van der Waals surface area (Å²) >= 11 is 5.85. The van der Waals surface area contributed by atoms with Crippen LogP contribution in [0.25, 0.3) is 0 Å². The first kappa shape index (κ1) is 5.65. The Balaban J connectivity index is 2.62. The van der Waals surface area contributed by atoms with Gasteiger partial charge in [0, 0.05) is 0 Å². The third kappa shape index (κ3) is 1.24. The summed E-state index contributed by atoms with van der Waals surface area (Å²) in [4.78, 5) is 3.77. The van der Waals surface area contributed by atoms with Gasteiger partial charge in [-0.2, -0.15) is 0 Å². The van der Waals surface area contributed by atoms with Gasteiger partial charge in [0.1, 0.15) is 0 Å². The van der Waals surface area contributed by atoms with Crippen LogP contribution in [0.2, 0.25) is 0 Å². The molecule has 0 saturated heterocycles. The van der Waals surface area contributed by atoms with Crippen LogP contribution in [0.3, 0.4) is 0 Å². The second-order valence-corrected chi connectivity index (χ2v) is 2.08. The fourth-order valence-corrected chi connectivity index (χ4v) is 0.925. The molecule has 0 spiro atoms. The Morgan fingerprint density at radius 3 is 3.25 bits per heavy atom. The van der Waals surface area contributed by atoms with E-state index in [2.05, 4.69) is 17.2 Å². The van der Waals surface area contributed by atoms with Crippen LogP contribution in [0.15, 0.2) is 11.7 Å². The zero-order valence-corrected chi connectivity index (χ0v) is 5.54. The number of aromatic nitrogens is 1. The van der Waals surface area contributed by atoms with E-state index in [-0.39, 0.29) is 0 Å². The molecule has 0 bridgehead atoms. The van der Waals surface area contributed by atoms with Gasteiger partial charge in [0.2, 0.25) is 5.06 Å². The molecule has 0 atom stereocenters. The highest BCUT2D eigenvalue weighted by Gasteiger charge is 1.87. The highest BCUT2D eigenvalue weighted by molar-refractivity contribution is 7.78. The third-order valence-corrected chi connectivity index (χ3v) is 1.33. The lowest BCUT2D eigenvalue weighted by Crippen LogP contribution is -1.80. The molecular weight excluding hydrogens is 142 g/mol. The molecule has 0 amide bonds. The van der Waals surface area contributed by atoms with E-state index in [4.69, 9.17) is 4.74 Å². The summed E-state index contributed by atoms with van der Waals surface area (Å²) in [6, 6.07) is 0. The number of thiocarbonyl (C=S) groups is 1. The molecule has 1 aromatic heterocycles. The Labute approximate surface area is 56.1 Å². The molecule has 42 valence electrons. The minimum atomic E-state index is 0.736. The first-order chi connectivity index (χ1) is 3.93. The Morgan fingerprint density at radius 2 is 2.75 bits per heavy atom. The first-order valence-corrected chi connectivity index (χ1v) is 3.27. The van der Waals surface area contributed by atoms with Gasteiger partial charge < -0.3 is 4.74 Å². The van der Waals surface area contributed by atoms with Crippen LogP contribution in [0, 0.1) is 0 Å². The molecule has 1 aromatic rings. The maximum Gasteiger partial charge on any atom is 0.201 e. The maximum atomic E-state index is 4.79. The average Bonchev–Trinajstić information content (AvgIpc) is 2.19. The number of thiazole rings is 1. The van der Waals surface area contributed by atoms with Crippen molar-refractivity contribution in [2.45, 2.75) is 0 Å². The minimum absolute atomic E-state index is 0.736. The topological polar surface area (TPSA) is 22.1 Å². The molecule has 0 N–H and O–H groups in total. The van der Waals surface area contributed by atoms with Gasteiger partial charge in [-0.05, 0) is 12.2 Å². The second-order valence-electron chi connectivity index (χ2n) is 1.03. The minimum Gasteiger partial charge on any atom is -0.441 e. The molecule has 0 aromatic carbocycles. The summed E-state index contributed by atoms with van der Waals surface area (Å²) < 4.78 is 4.79. The van der Waals surface area contributed by atoms with Crippen molar-refractivity contribution >= 4 is 29.1 Å². The molecule has 2 nitrogen and oxygen atoms in total. The highest BCUT2D eigenvalue weighted by Crippen LogP contribution is 2.13. The Kier molecular flexibility index (Phi) is 1.93. The fourth-order valence-electron chi connectivity index (χ4n) is 0.310. The molecule has 0 radical (unpaired) electrons. The van der Waals surface area contributed by atoms with E-state index in [1.807, 2.05) is 0 Å². The molecule has 0 fully saturated rings. The lowest BCUT2D eigenvalue weighted by Gasteiger charge is -1.85. The number of hydrogen-bond acceptors (Lipinski definition) is 4. The van der Waals surface area contributed by atoms with Gasteiger partial charge in [0.25, 0.3) is 0 Å². The molecule has 8 heavy (non-hydrogen) atoms. The van der Waals surface area contributed by atoms with Crippen LogP contribution >= 0.6 is 23.6 Å². The normalized spacial score (nSPS) is 8.50. The van der Waals surface area contributed by atoms with Crippen molar-refractivity contribution in [1.29, 1.82) is 0 Å². The summed E-state index contributed by atoms with van der Waals surface area (Å²) in [5.41, 5.74) is 2.90. The van der Waals surface area contributed by atoms with Crippen LogP contribution in [-0.4, -0.2) is 10.5 Å². The molecular formula is C4H3NOS2. The molecule has 1 rings (SSSR count). The first-order valence-electron chi connectivity index (χ1n) is 1.92. The SMILES string of the molecule is S=COc1cncs1. The maximum absolute atomic E-state index is 4.79. The van der Waals surface area contributed by atoms with Crippen molar-refractivity contribution in [3.63, 3.8) is 0 Å². The van der Waals surface area contributed by atoms with E-state index in [9.17, 15) is 0 Å². The van der Waals surface area contributed by atoms with Crippen molar-refractivity contribution in [3.8, 4) is 5.06 Å². The van der Waals surface area contributed by atoms with Crippen molar-refractivity contribution in [3.05, 3.63) is 11.7 Å². The van der Waals surface area contributed by atoms with Gasteiger partial charge in [0.05, 0.1) is 11.7 Å². The molecule has 4 heteroatoms. The van der Waals surface area contributed by atoms with Gasteiger partial charge in [-0.25, -0.2) is 4.98 Å². The molecule has 0 aliphatic rings. The number of ether oxygens (including phenoxy) is 1. The third-order valence-electron chi connectivity index (χ3n) is 0.574.